The highest BCUT2D eigenvalue weighted by molar-refractivity contribution is 14.1. The van der Waals surface area contributed by atoms with Crippen molar-refractivity contribution in [1.82, 2.24) is 4.90 Å². The number of nitrogens with zero attached hydrogens (tertiary/aromatic N) is 1. The van der Waals surface area contributed by atoms with Crippen LogP contribution in [0.4, 0.5) is 4.79 Å². The van der Waals surface area contributed by atoms with Gasteiger partial charge in [0.15, 0.2) is 0 Å². The number of amides is 1. The second kappa shape index (κ2) is 7.79. The second-order valence-electron chi connectivity index (χ2n) is 6.05. The van der Waals surface area contributed by atoms with Crippen LogP contribution in [0.15, 0.2) is 0 Å². The summed E-state index contributed by atoms with van der Waals surface area (Å²) in [4.78, 5) is 13.8. The SMILES string of the molecule is CCOCC(C)OC1CN(C(=O)OC(C)(C)C)CC1I. The fourth-order valence-corrected chi connectivity index (χ4v) is 2.83. The molecule has 0 aromatic heterocycles. The molecule has 3 atom stereocenters. The maximum absolute atomic E-state index is 12.0. The molecule has 1 amide bonds. The van der Waals surface area contributed by atoms with E-state index in [2.05, 4.69) is 22.6 Å². The van der Waals surface area contributed by atoms with Crippen LogP contribution in [-0.2, 0) is 14.2 Å². The van der Waals surface area contributed by atoms with Gasteiger partial charge in [0.25, 0.3) is 0 Å². The van der Waals surface area contributed by atoms with E-state index in [4.69, 9.17) is 14.2 Å². The van der Waals surface area contributed by atoms with Crippen LogP contribution in [0.5, 0.6) is 0 Å². The van der Waals surface area contributed by atoms with Crippen LogP contribution in [0.3, 0.4) is 0 Å². The zero-order chi connectivity index (χ0) is 15.3. The standard InChI is InChI=1S/C14H26INO4/c1-6-18-9-10(2)19-12-8-16(7-11(12)15)13(17)20-14(3,4)5/h10-12H,6-9H2,1-5H3. The molecule has 0 aliphatic carbocycles. The first-order valence-electron chi connectivity index (χ1n) is 7.08. The Labute approximate surface area is 135 Å². The number of likely N-dealkylation sites (tertiary alicyclic amines) is 1. The Bertz CT molecular complexity index is 319. The van der Waals surface area contributed by atoms with Crippen molar-refractivity contribution in [3.05, 3.63) is 0 Å². The van der Waals surface area contributed by atoms with Crippen LogP contribution in [0, 0.1) is 0 Å². The molecule has 1 aliphatic heterocycles. The van der Waals surface area contributed by atoms with Crippen molar-refractivity contribution < 1.29 is 19.0 Å². The van der Waals surface area contributed by atoms with Gasteiger partial charge in [0.1, 0.15) is 5.60 Å². The Hall–Kier alpha value is -0.0800. The second-order valence-corrected chi connectivity index (χ2v) is 7.65. The zero-order valence-corrected chi connectivity index (χ0v) is 15.2. The quantitative estimate of drug-likeness (QED) is 0.527. The fourth-order valence-electron chi connectivity index (χ4n) is 1.96. The molecule has 1 heterocycles. The molecule has 0 bridgehead atoms. The summed E-state index contributed by atoms with van der Waals surface area (Å²) in [6, 6.07) is 0. The Kier molecular flexibility index (Phi) is 7.00. The molecule has 1 fully saturated rings. The number of hydrogen-bond donors (Lipinski definition) is 0. The van der Waals surface area contributed by atoms with Gasteiger partial charge in [-0.1, -0.05) is 22.6 Å². The van der Waals surface area contributed by atoms with Crippen molar-refractivity contribution in [2.75, 3.05) is 26.3 Å². The Morgan fingerprint density at radius 2 is 2.05 bits per heavy atom. The fraction of sp³-hybridized carbons (Fsp3) is 0.929. The van der Waals surface area contributed by atoms with Gasteiger partial charge in [-0.3, -0.25) is 0 Å². The van der Waals surface area contributed by atoms with E-state index in [9.17, 15) is 4.79 Å². The average molecular weight is 399 g/mol. The molecule has 0 aromatic carbocycles. The lowest BCUT2D eigenvalue weighted by Gasteiger charge is -2.24. The predicted octanol–water partition coefficient (Wildman–Crippen LogP) is 2.85. The molecule has 0 spiro atoms. The molecule has 3 unspecified atom stereocenters. The van der Waals surface area contributed by atoms with Crippen molar-refractivity contribution in [2.24, 2.45) is 0 Å². The normalized spacial score (nSPS) is 24.8. The van der Waals surface area contributed by atoms with Crippen LogP contribution in [-0.4, -0.2) is 59.0 Å². The summed E-state index contributed by atoms with van der Waals surface area (Å²) >= 11 is 2.34. The number of carbonyl (C=O) groups excluding carboxylic acids is 1. The maximum Gasteiger partial charge on any atom is 0.410 e. The first-order chi connectivity index (χ1) is 9.23. The van der Waals surface area contributed by atoms with Gasteiger partial charge in [-0.05, 0) is 34.6 Å². The van der Waals surface area contributed by atoms with Crippen molar-refractivity contribution in [2.45, 2.75) is 56.4 Å². The van der Waals surface area contributed by atoms with Crippen LogP contribution >= 0.6 is 22.6 Å². The molecule has 118 valence electrons. The van der Waals surface area contributed by atoms with Crippen LogP contribution in [0.25, 0.3) is 0 Å². The number of halogens is 1. The molecular weight excluding hydrogens is 373 g/mol. The third-order valence-electron chi connectivity index (χ3n) is 2.81. The number of rotatable bonds is 5. The van der Waals surface area contributed by atoms with Crippen LogP contribution < -0.4 is 0 Å². The molecule has 0 N–H and O–H groups in total. The summed E-state index contributed by atoms with van der Waals surface area (Å²) in [6.07, 6.45) is -0.183. The van der Waals surface area contributed by atoms with Crippen LogP contribution in [0.1, 0.15) is 34.6 Å². The highest BCUT2D eigenvalue weighted by Crippen LogP contribution is 2.24. The molecule has 1 aliphatic rings. The topological polar surface area (TPSA) is 48.0 Å². The van der Waals surface area contributed by atoms with Crippen molar-refractivity contribution >= 4 is 28.7 Å². The number of carbonyl (C=O) groups is 1. The van der Waals surface area contributed by atoms with Gasteiger partial charge in [-0.2, -0.15) is 0 Å². The predicted molar refractivity (Wildman–Crippen MR) is 86.4 cm³/mol. The molecule has 5 nitrogen and oxygen atoms in total. The van der Waals surface area contributed by atoms with E-state index in [0.717, 1.165) is 0 Å². The summed E-state index contributed by atoms with van der Waals surface area (Å²) in [6.45, 7) is 12.1. The van der Waals surface area contributed by atoms with Gasteiger partial charge in [0.05, 0.1) is 29.3 Å². The van der Waals surface area contributed by atoms with E-state index in [1.807, 2.05) is 34.6 Å². The number of alkyl halides is 1. The number of ether oxygens (including phenoxy) is 3. The van der Waals surface area contributed by atoms with Gasteiger partial charge in [0, 0.05) is 13.2 Å². The molecule has 1 rings (SSSR count). The van der Waals surface area contributed by atoms with E-state index in [1.165, 1.54) is 0 Å². The summed E-state index contributed by atoms with van der Waals surface area (Å²) in [7, 11) is 0. The lowest BCUT2D eigenvalue weighted by Crippen LogP contribution is -2.36. The molecule has 0 radical (unpaired) electrons. The van der Waals surface area contributed by atoms with Gasteiger partial charge in [-0.15, -0.1) is 0 Å². The maximum atomic E-state index is 12.0. The smallest absolute Gasteiger partial charge is 0.410 e. The van der Waals surface area contributed by atoms with Gasteiger partial charge in [-0.25, -0.2) is 4.79 Å². The minimum atomic E-state index is -0.459. The third kappa shape index (κ3) is 6.13. The molecule has 0 aromatic rings. The Balaban J connectivity index is 2.44. The first kappa shape index (κ1) is 18.0. The van der Waals surface area contributed by atoms with Crippen molar-refractivity contribution in [1.29, 1.82) is 0 Å². The average Bonchev–Trinajstić information content (AvgIpc) is 2.66. The van der Waals surface area contributed by atoms with Crippen molar-refractivity contribution in [3.63, 3.8) is 0 Å². The molecular formula is C14H26INO4. The molecule has 1 saturated heterocycles. The minimum absolute atomic E-state index is 0.0378. The van der Waals surface area contributed by atoms with E-state index in [0.29, 0.717) is 26.3 Å². The van der Waals surface area contributed by atoms with Gasteiger partial charge >= 0.3 is 6.09 Å². The summed E-state index contributed by atoms with van der Waals surface area (Å²) < 4.78 is 17.0. The monoisotopic (exact) mass is 399 g/mol. The van der Waals surface area contributed by atoms with Crippen LogP contribution in [0.2, 0.25) is 0 Å². The van der Waals surface area contributed by atoms with E-state index in [1.54, 1.807) is 4.90 Å². The minimum Gasteiger partial charge on any atom is -0.444 e. The summed E-state index contributed by atoms with van der Waals surface area (Å²) in [5, 5.41) is 0. The van der Waals surface area contributed by atoms with Crippen molar-refractivity contribution in [3.8, 4) is 0 Å². The van der Waals surface area contributed by atoms with Gasteiger partial charge < -0.3 is 19.1 Å². The van der Waals surface area contributed by atoms with E-state index in [-0.39, 0.29) is 22.2 Å². The largest absolute Gasteiger partial charge is 0.444 e. The first-order valence-corrected chi connectivity index (χ1v) is 8.32. The number of hydrogen-bond acceptors (Lipinski definition) is 4. The van der Waals surface area contributed by atoms with E-state index < -0.39 is 5.60 Å². The van der Waals surface area contributed by atoms with E-state index >= 15 is 0 Å². The third-order valence-corrected chi connectivity index (χ3v) is 4.01. The lowest BCUT2D eigenvalue weighted by molar-refractivity contribution is -0.0402. The molecule has 0 saturated carbocycles. The van der Waals surface area contributed by atoms with Gasteiger partial charge in [0.2, 0.25) is 0 Å². The zero-order valence-electron chi connectivity index (χ0n) is 13.0. The Morgan fingerprint density at radius 3 is 2.60 bits per heavy atom. The lowest BCUT2D eigenvalue weighted by atomic mass is 10.2. The Morgan fingerprint density at radius 1 is 1.40 bits per heavy atom. The summed E-state index contributed by atoms with van der Waals surface area (Å²) in [5.74, 6) is 0. The highest BCUT2D eigenvalue weighted by Gasteiger charge is 2.37. The highest BCUT2D eigenvalue weighted by atomic mass is 127. The molecule has 6 heteroatoms. The summed E-state index contributed by atoms with van der Waals surface area (Å²) in [5.41, 5.74) is -0.459. The molecule has 20 heavy (non-hydrogen) atoms.